The smallest absolute Gasteiger partial charge is 0.293 e. The Morgan fingerprint density at radius 1 is 1.19 bits per heavy atom. The minimum atomic E-state index is -0.387. The predicted octanol–water partition coefficient (Wildman–Crippen LogP) is 6.96. The molecule has 1 saturated heterocycles. The lowest BCUT2D eigenvalue weighted by Gasteiger charge is -2.14. The number of imide groups is 1. The fraction of sp³-hybridized carbons (Fsp3) is 0.182. The van der Waals surface area contributed by atoms with Gasteiger partial charge in [0, 0.05) is 10.0 Å². The molecular formula is C22H18BrCl2NO4S. The summed E-state index contributed by atoms with van der Waals surface area (Å²) in [6, 6.07) is 8.50. The maximum atomic E-state index is 12.9. The highest BCUT2D eigenvalue weighted by atomic mass is 79.9. The molecule has 9 heteroatoms. The SMILES string of the molecule is C=CCOc1c(Br)cc(/C=C2\SC(=O)N(Cc3ccc(Cl)cc3Cl)C2=O)cc1OCC. The maximum Gasteiger partial charge on any atom is 0.293 e. The van der Waals surface area contributed by atoms with Crippen molar-refractivity contribution in [2.24, 2.45) is 0 Å². The zero-order valence-corrected chi connectivity index (χ0v) is 20.4. The molecule has 1 heterocycles. The molecule has 1 fully saturated rings. The van der Waals surface area contributed by atoms with E-state index in [-0.39, 0.29) is 17.7 Å². The van der Waals surface area contributed by atoms with E-state index in [1.807, 2.05) is 6.92 Å². The largest absolute Gasteiger partial charge is 0.490 e. The van der Waals surface area contributed by atoms with Crippen LogP contribution in [0.2, 0.25) is 10.0 Å². The lowest BCUT2D eigenvalue weighted by Crippen LogP contribution is -2.27. The van der Waals surface area contributed by atoms with Crippen molar-refractivity contribution in [1.82, 2.24) is 4.90 Å². The van der Waals surface area contributed by atoms with Crippen molar-refractivity contribution >= 4 is 68.1 Å². The molecule has 3 rings (SSSR count). The van der Waals surface area contributed by atoms with Crippen LogP contribution >= 0.6 is 50.9 Å². The quantitative estimate of drug-likeness (QED) is 0.266. The summed E-state index contributed by atoms with van der Waals surface area (Å²) >= 11 is 16.5. The third-order valence-electron chi connectivity index (χ3n) is 4.19. The molecule has 5 nitrogen and oxygen atoms in total. The first kappa shape index (κ1) is 23.7. The minimum absolute atomic E-state index is 0.0697. The summed E-state index contributed by atoms with van der Waals surface area (Å²) in [4.78, 5) is 26.8. The van der Waals surface area contributed by atoms with Crippen molar-refractivity contribution in [1.29, 1.82) is 0 Å². The Morgan fingerprint density at radius 3 is 2.65 bits per heavy atom. The molecule has 0 saturated carbocycles. The van der Waals surface area contributed by atoms with Crippen molar-refractivity contribution in [2.45, 2.75) is 13.5 Å². The summed E-state index contributed by atoms with van der Waals surface area (Å²) in [5.74, 6) is 0.684. The summed E-state index contributed by atoms with van der Waals surface area (Å²) in [7, 11) is 0. The van der Waals surface area contributed by atoms with Gasteiger partial charge in [-0.25, -0.2) is 0 Å². The van der Waals surface area contributed by atoms with Gasteiger partial charge >= 0.3 is 0 Å². The van der Waals surface area contributed by atoms with Crippen molar-refractivity contribution in [3.63, 3.8) is 0 Å². The van der Waals surface area contributed by atoms with E-state index in [4.69, 9.17) is 32.7 Å². The molecule has 0 spiro atoms. The second-order valence-corrected chi connectivity index (χ2v) is 9.06. The monoisotopic (exact) mass is 541 g/mol. The topological polar surface area (TPSA) is 55.8 Å². The summed E-state index contributed by atoms with van der Waals surface area (Å²) in [5.41, 5.74) is 1.33. The number of benzene rings is 2. The molecule has 1 aliphatic rings. The number of thioether (sulfide) groups is 1. The number of carbonyl (C=O) groups excluding carboxylic acids is 2. The van der Waals surface area contributed by atoms with E-state index in [1.54, 1.807) is 42.5 Å². The maximum absolute atomic E-state index is 12.9. The van der Waals surface area contributed by atoms with Gasteiger partial charge in [-0.05, 0) is 76.1 Å². The van der Waals surface area contributed by atoms with Gasteiger partial charge in [0.1, 0.15) is 6.61 Å². The first-order valence-corrected chi connectivity index (χ1v) is 11.6. The van der Waals surface area contributed by atoms with Gasteiger partial charge in [-0.2, -0.15) is 0 Å². The molecule has 1 aliphatic heterocycles. The van der Waals surface area contributed by atoms with Gasteiger partial charge in [0.2, 0.25) is 0 Å². The van der Waals surface area contributed by atoms with E-state index in [0.29, 0.717) is 55.3 Å². The van der Waals surface area contributed by atoms with Crippen LogP contribution in [0.15, 0.2) is 52.4 Å². The van der Waals surface area contributed by atoms with Gasteiger partial charge in [0.05, 0.1) is 22.5 Å². The summed E-state index contributed by atoms with van der Waals surface area (Å²) in [6.07, 6.45) is 3.29. The standard InChI is InChI=1S/C22H18BrCl2NO4S/c1-3-7-30-20-16(23)8-13(9-18(20)29-4-2)10-19-21(27)26(22(28)31-19)12-14-5-6-15(24)11-17(14)25/h3,5-6,8-11H,1,4,7,12H2,2H3/b19-10-. The van der Waals surface area contributed by atoms with Crippen molar-refractivity contribution < 1.29 is 19.1 Å². The average molecular weight is 543 g/mol. The second-order valence-electron chi connectivity index (χ2n) is 6.37. The van der Waals surface area contributed by atoms with Crippen LogP contribution in [0, 0.1) is 0 Å². The third-order valence-corrected chi connectivity index (χ3v) is 6.28. The number of rotatable bonds is 8. The van der Waals surface area contributed by atoms with Crippen LogP contribution in [0.1, 0.15) is 18.1 Å². The van der Waals surface area contributed by atoms with E-state index in [0.717, 1.165) is 16.7 Å². The van der Waals surface area contributed by atoms with Crippen LogP contribution < -0.4 is 9.47 Å². The molecule has 2 aromatic carbocycles. The Labute approximate surface area is 203 Å². The highest BCUT2D eigenvalue weighted by molar-refractivity contribution is 9.10. The first-order valence-electron chi connectivity index (χ1n) is 9.23. The van der Waals surface area contributed by atoms with Crippen LogP contribution in [0.25, 0.3) is 6.08 Å². The molecule has 0 unspecified atom stereocenters. The summed E-state index contributed by atoms with van der Waals surface area (Å²) in [6.45, 7) is 6.35. The number of carbonyl (C=O) groups is 2. The van der Waals surface area contributed by atoms with Gasteiger partial charge in [-0.15, -0.1) is 0 Å². The lowest BCUT2D eigenvalue weighted by atomic mass is 10.1. The van der Waals surface area contributed by atoms with Crippen molar-refractivity contribution in [3.05, 3.63) is 73.5 Å². The van der Waals surface area contributed by atoms with Crippen LogP contribution in [-0.2, 0) is 11.3 Å². The van der Waals surface area contributed by atoms with Crippen LogP contribution in [-0.4, -0.2) is 29.3 Å². The fourth-order valence-electron chi connectivity index (χ4n) is 2.82. The Bertz CT molecular complexity index is 1070. The number of halogens is 3. The molecule has 0 radical (unpaired) electrons. The Hall–Kier alpha value is -1.93. The van der Waals surface area contributed by atoms with E-state index in [9.17, 15) is 9.59 Å². The number of hydrogen-bond acceptors (Lipinski definition) is 5. The highest BCUT2D eigenvalue weighted by Gasteiger charge is 2.35. The Balaban J connectivity index is 1.87. The Kier molecular flexibility index (Phi) is 8.11. The van der Waals surface area contributed by atoms with Gasteiger partial charge in [-0.1, -0.05) is 41.9 Å². The molecule has 162 valence electrons. The first-order chi connectivity index (χ1) is 14.8. The molecule has 2 aromatic rings. The highest BCUT2D eigenvalue weighted by Crippen LogP contribution is 2.39. The molecule has 0 atom stereocenters. The number of nitrogens with zero attached hydrogens (tertiary/aromatic N) is 1. The number of hydrogen-bond donors (Lipinski definition) is 0. The molecule has 0 N–H and O–H groups in total. The number of ether oxygens (including phenoxy) is 2. The molecule has 0 aromatic heterocycles. The Morgan fingerprint density at radius 2 is 1.97 bits per heavy atom. The van der Waals surface area contributed by atoms with Crippen LogP contribution in [0.5, 0.6) is 11.5 Å². The summed E-state index contributed by atoms with van der Waals surface area (Å²) < 4.78 is 12.0. The normalized spacial score (nSPS) is 15.0. The lowest BCUT2D eigenvalue weighted by molar-refractivity contribution is -0.123. The molecule has 2 amide bonds. The molecule has 0 bridgehead atoms. The molecule has 0 aliphatic carbocycles. The summed E-state index contributed by atoms with van der Waals surface area (Å²) in [5, 5.41) is 0.521. The minimum Gasteiger partial charge on any atom is -0.490 e. The second kappa shape index (κ2) is 10.6. The van der Waals surface area contributed by atoms with Gasteiger partial charge in [0.15, 0.2) is 11.5 Å². The molecule has 31 heavy (non-hydrogen) atoms. The average Bonchev–Trinajstić information content (AvgIpc) is 2.97. The van der Waals surface area contributed by atoms with E-state index in [1.165, 1.54) is 0 Å². The van der Waals surface area contributed by atoms with Gasteiger partial charge in [-0.3, -0.25) is 14.5 Å². The predicted molar refractivity (Wildman–Crippen MR) is 129 cm³/mol. The van der Waals surface area contributed by atoms with Crippen molar-refractivity contribution in [2.75, 3.05) is 13.2 Å². The number of amides is 2. The van der Waals surface area contributed by atoms with Crippen molar-refractivity contribution in [3.8, 4) is 11.5 Å². The van der Waals surface area contributed by atoms with E-state index >= 15 is 0 Å². The van der Waals surface area contributed by atoms with Gasteiger partial charge in [0.25, 0.3) is 11.1 Å². The van der Waals surface area contributed by atoms with Crippen LogP contribution in [0.3, 0.4) is 0 Å². The van der Waals surface area contributed by atoms with E-state index in [2.05, 4.69) is 22.5 Å². The van der Waals surface area contributed by atoms with Crippen LogP contribution in [0.4, 0.5) is 4.79 Å². The third kappa shape index (κ3) is 5.66. The molecular weight excluding hydrogens is 525 g/mol. The zero-order chi connectivity index (χ0) is 22.5. The van der Waals surface area contributed by atoms with Gasteiger partial charge < -0.3 is 9.47 Å². The van der Waals surface area contributed by atoms with E-state index < -0.39 is 0 Å². The zero-order valence-electron chi connectivity index (χ0n) is 16.5. The fourth-order valence-corrected chi connectivity index (χ4v) is 4.71.